The summed E-state index contributed by atoms with van der Waals surface area (Å²) in [6.07, 6.45) is 1.17. The zero-order valence-electron chi connectivity index (χ0n) is 16.0. The number of aliphatic imine (C=N–C) groups is 1. The Morgan fingerprint density at radius 2 is 2.00 bits per heavy atom. The summed E-state index contributed by atoms with van der Waals surface area (Å²) < 4.78 is 42.2. The zero-order chi connectivity index (χ0) is 19.7. The van der Waals surface area contributed by atoms with Gasteiger partial charge in [-0.15, -0.1) is 0 Å². The van der Waals surface area contributed by atoms with E-state index in [9.17, 15) is 12.8 Å². The molecule has 1 aromatic rings. The van der Waals surface area contributed by atoms with Crippen molar-refractivity contribution in [3.63, 3.8) is 0 Å². The first-order valence-corrected chi connectivity index (χ1v) is 11.2. The first kappa shape index (κ1) is 21.6. The van der Waals surface area contributed by atoms with Crippen LogP contribution >= 0.6 is 0 Å². The van der Waals surface area contributed by atoms with Crippen molar-refractivity contribution in [3.8, 4) is 0 Å². The molecule has 0 atom stereocenters. The van der Waals surface area contributed by atoms with Gasteiger partial charge in [-0.2, -0.15) is 0 Å². The third kappa shape index (κ3) is 8.23. The number of ether oxygens (including phenoxy) is 1. The van der Waals surface area contributed by atoms with E-state index in [1.165, 1.54) is 24.5 Å². The summed E-state index contributed by atoms with van der Waals surface area (Å²) in [7, 11) is -3.21. The fourth-order valence-corrected chi connectivity index (χ4v) is 3.67. The largest absolute Gasteiger partial charge is 0.379 e. The molecular weight excluding hydrogens is 371 g/mol. The smallest absolute Gasteiger partial charge is 0.191 e. The number of nitrogens with zero attached hydrogens (tertiary/aromatic N) is 2. The lowest BCUT2D eigenvalue weighted by Crippen LogP contribution is -2.44. The molecule has 2 N–H and O–H groups in total. The van der Waals surface area contributed by atoms with Gasteiger partial charge in [0.25, 0.3) is 0 Å². The summed E-state index contributed by atoms with van der Waals surface area (Å²) in [5.74, 6) is 0.0992. The second-order valence-electron chi connectivity index (χ2n) is 6.56. The molecule has 1 fully saturated rings. The molecule has 0 radical (unpaired) electrons. The lowest BCUT2D eigenvalue weighted by atomic mass is 10.1. The molecule has 27 heavy (non-hydrogen) atoms. The third-order valence-corrected chi connectivity index (χ3v) is 5.00. The van der Waals surface area contributed by atoms with Gasteiger partial charge in [0.15, 0.2) is 15.8 Å². The minimum atomic E-state index is -3.21. The summed E-state index contributed by atoms with van der Waals surface area (Å²) >= 11 is 0. The van der Waals surface area contributed by atoms with E-state index in [2.05, 4.69) is 20.5 Å². The van der Waals surface area contributed by atoms with Gasteiger partial charge in [-0.05, 0) is 30.2 Å². The molecule has 2 rings (SSSR count). The topological polar surface area (TPSA) is 83.0 Å². The minimum absolute atomic E-state index is 0.126. The van der Waals surface area contributed by atoms with Crippen molar-refractivity contribution in [2.45, 2.75) is 19.2 Å². The lowest BCUT2D eigenvalue weighted by Gasteiger charge is -2.26. The van der Waals surface area contributed by atoms with Crippen molar-refractivity contribution in [1.82, 2.24) is 15.5 Å². The number of hydrogen-bond acceptors (Lipinski definition) is 5. The minimum Gasteiger partial charge on any atom is -0.379 e. The average molecular weight is 401 g/mol. The predicted molar refractivity (Wildman–Crippen MR) is 105 cm³/mol. The predicted octanol–water partition coefficient (Wildman–Crippen LogP) is 0.758. The molecule has 9 heteroatoms. The van der Waals surface area contributed by atoms with Crippen LogP contribution in [0.2, 0.25) is 0 Å². The van der Waals surface area contributed by atoms with Gasteiger partial charge in [-0.25, -0.2) is 17.8 Å². The van der Waals surface area contributed by atoms with Gasteiger partial charge in [0.05, 0.1) is 25.5 Å². The van der Waals surface area contributed by atoms with Crippen molar-refractivity contribution in [2.24, 2.45) is 4.99 Å². The number of hydrogen-bond donors (Lipinski definition) is 2. The Bertz CT molecular complexity index is 734. The van der Waals surface area contributed by atoms with Gasteiger partial charge >= 0.3 is 0 Å². The molecule has 1 aliphatic heterocycles. The number of sulfone groups is 1. The highest BCUT2D eigenvalue weighted by molar-refractivity contribution is 7.89. The van der Waals surface area contributed by atoms with E-state index in [0.717, 1.165) is 39.4 Å². The van der Waals surface area contributed by atoms with Crippen LogP contribution in [0.4, 0.5) is 4.39 Å². The summed E-state index contributed by atoms with van der Waals surface area (Å²) in [5, 5.41) is 6.42. The highest BCUT2D eigenvalue weighted by Gasteiger charge is 2.12. The second-order valence-corrected chi connectivity index (χ2v) is 8.70. The number of halogens is 1. The molecule has 0 saturated carbocycles. The van der Waals surface area contributed by atoms with Gasteiger partial charge in [0, 0.05) is 39.0 Å². The Hall–Kier alpha value is -1.71. The van der Waals surface area contributed by atoms with Gasteiger partial charge < -0.3 is 15.4 Å². The Labute approximate surface area is 160 Å². The second kappa shape index (κ2) is 10.6. The first-order chi connectivity index (χ1) is 12.9. The van der Waals surface area contributed by atoms with Crippen LogP contribution in [0.1, 0.15) is 18.1 Å². The summed E-state index contributed by atoms with van der Waals surface area (Å²) in [6.45, 7) is 7.85. The Morgan fingerprint density at radius 1 is 1.26 bits per heavy atom. The van der Waals surface area contributed by atoms with Crippen LogP contribution in [0.25, 0.3) is 0 Å². The SMILES string of the molecule is CCNC(=NCc1cc(F)ccc1CS(C)(=O)=O)NCCN1CCOCC1. The van der Waals surface area contributed by atoms with Gasteiger partial charge in [-0.1, -0.05) is 6.07 Å². The van der Waals surface area contributed by atoms with Crippen molar-refractivity contribution in [3.05, 3.63) is 35.1 Å². The van der Waals surface area contributed by atoms with Crippen LogP contribution in [-0.4, -0.2) is 71.5 Å². The number of guanidine groups is 1. The van der Waals surface area contributed by atoms with Crippen LogP contribution in [0.3, 0.4) is 0 Å². The summed E-state index contributed by atoms with van der Waals surface area (Å²) in [4.78, 5) is 6.80. The Balaban J connectivity index is 1.99. The molecule has 0 aromatic heterocycles. The molecule has 0 bridgehead atoms. The lowest BCUT2D eigenvalue weighted by molar-refractivity contribution is 0.0389. The van der Waals surface area contributed by atoms with Crippen LogP contribution in [0, 0.1) is 5.82 Å². The molecule has 0 amide bonds. The highest BCUT2D eigenvalue weighted by atomic mass is 32.2. The maximum absolute atomic E-state index is 13.6. The molecule has 0 aliphatic carbocycles. The Morgan fingerprint density at radius 3 is 2.67 bits per heavy atom. The number of morpholine rings is 1. The number of rotatable bonds is 8. The van der Waals surface area contributed by atoms with E-state index in [-0.39, 0.29) is 12.3 Å². The van der Waals surface area contributed by atoms with E-state index in [1.807, 2.05) is 6.92 Å². The normalized spacial score (nSPS) is 16.3. The van der Waals surface area contributed by atoms with Crippen molar-refractivity contribution >= 4 is 15.8 Å². The molecule has 152 valence electrons. The van der Waals surface area contributed by atoms with Crippen molar-refractivity contribution in [2.75, 3.05) is 52.2 Å². The van der Waals surface area contributed by atoms with Crippen LogP contribution < -0.4 is 10.6 Å². The molecule has 1 heterocycles. The van der Waals surface area contributed by atoms with E-state index in [4.69, 9.17) is 4.74 Å². The highest BCUT2D eigenvalue weighted by Crippen LogP contribution is 2.15. The molecule has 1 aliphatic rings. The quantitative estimate of drug-likeness (QED) is 0.495. The average Bonchev–Trinajstić information content (AvgIpc) is 2.61. The number of nitrogens with one attached hydrogen (secondary N) is 2. The molecule has 0 unspecified atom stereocenters. The zero-order valence-corrected chi connectivity index (χ0v) is 16.8. The molecular formula is C18H29FN4O3S. The van der Waals surface area contributed by atoms with E-state index >= 15 is 0 Å². The van der Waals surface area contributed by atoms with Crippen molar-refractivity contribution < 1.29 is 17.5 Å². The molecule has 1 saturated heterocycles. The summed E-state index contributed by atoms with van der Waals surface area (Å²) in [6, 6.07) is 4.14. The Kier molecular flexibility index (Phi) is 8.46. The maximum atomic E-state index is 13.6. The van der Waals surface area contributed by atoms with E-state index < -0.39 is 15.7 Å². The maximum Gasteiger partial charge on any atom is 0.191 e. The monoisotopic (exact) mass is 400 g/mol. The van der Waals surface area contributed by atoms with Gasteiger partial charge in [0.1, 0.15) is 5.82 Å². The molecule has 0 spiro atoms. The van der Waals surface area contributed by atoms with Gasteiger partial charge in [-0.3, -0.25) is 4.90 Å². The van der Waals surface area contributed by atoms with Crippen LogP contribution in [0.5, 0.6) is 0 Å². The summed E-state index contributed by atoms with van der Waals surface area (Å²) in [5.41, 5.74) is 1.15. The molecule has 1 aromatic carbocycles. The fraction of sp³-hybridized carbons (Fsp3) is 0.611. The standard InChI is InChI=1S/C18H29FN4O3S/c1-3-20-18(21-6-7-23-8-10-26-11-9-23)22-13-16-12-17(19)5-4-15(16)14-27(2,24)25/h4-5,12H,3,6-11,13-14H2,1-2H3,(H2,20,21,22). The van der Waals surface area contributed by atoms with E-state index in [0.29, 0.717) is 23.6 Å². The molecule has 7 nitrogen and oxygen atoms in total. The third-order valence-electron chi connectivity index (χ3n) is 4.16. The fourth-order valence-electron chi connectivity index (χ4n) is 2.83. The first-order valence-electron chi connectivity index (χ1n) is 9.14. The van der Waals surface area contributed by atoms with Crippen LogP contribution in [-0.2, 0) is 26.9 Å². The number of benzene rings is 1. The van der Waals surface area contributed by atoms with Crippen molar-refractivity contribution in [1.29, 1.82) is 0 Å². The van der Waals surface area contributed by atoms with Gasteiger partial charge in [0.2, 0.25) is 0 Å². The van der Waals surface area contributed by atoms with Crippen LogP contribution in [0.15, 0.2) is 23.2 Å². The van der Waals surface area contributed by atoms with E-state index in [1.54, 1.807) is 0 Å².